The van der Waals surface area contributed by atoms with E-state index in [1.165, 1.54) is 0 Å². The predicted molar refractivity (Wildman–Crippen MR) is 71.0 cm³/mol. The Hall–Kier alpha value is -1.05. The SMILES string of the molecule is CS(=O)(=O)OC1CCN(Cc2ccccc2)CC1(F)F. The van der Waals surface area contributed by atoms with Crippen LogP contribution >= 0.6 is 0 Å². The van der Waals surface area contributed by atoms with Crippen LogP contribution in [0.5, 0.6) is 0 Å². The highest BCUT2D eigenvalue weighted by molar-refractivity contribution is 7.86. The number of rotatable bonds is 4. The van der Waals surface area contributed by atoms with Gasteiger partial charge in [0.25, 0.3) is 16.0 Å². The second-order valence-corrected chi connectivity index (χ2v) is 6.64. The highest BCUT2D eigenvalue weighted by atomic mass is 32.2. The van der Waals surface area contributed by atoms with Crippen LogP contribution in [0.1, 0.15) is 12.0 Å². The summed E-state index contributed by atoms with van der Waals surface area (Å²) in [5.74, 6) is -3.17. The third-order valence-electron chi connectivity index (χ3n) is 3.15. The van der Waals surface area contributed by atoms with Crippen LogP contribution in [0.3, 0.4) is 0 Å². The lowest BCUT2D eigenvalue weighted by Crippen LogP contribution is -2.52. The Morgan fingerprint density at radius 3 is 2.55 bits per heavy atom. The van der Waals surface area contributed by atoms with Gasteiger partial charge in [0.2, 0.25) is 0 Å². The van der Waals surface area contributed by atoms with Gasteiger partial charge in [-0.3, -0.25) is 9.08 Å². The molecule has 7 heteroatoms. The monoisotopic (exact) mass is 305 g/mol. The Labute approximate surface area is 117 Å². The van der Waals surface area contributed by atoms with Crippen molar-refractivity contribution in [2.75, 3.05) is 19.3 Å². The molecule has 4 nitrogen and oxygen atoms in total. The van der Waals surface area contributed by atoms with Crippen LogP contribution in [0.2, 0.25) is 0 Å². The van der Waals surface area contributed by atoms with E-state index in [9.17, 15) is 17.2 Å². The van der Waals surface area contributed by atoms with Gasteiger partial charge in [-0.05, 0) is 12.0 Å². The molecule has 0 aromatic heterocycles. The second-order valence-electron chi connectivity index (χ2n) is 5.03. The molecule has 1 fully saturated rings. The maximum atomic E-state index is 13.9. The van der Waals surface area contributed by atoms with Crippen molar-refractivity contribution < 1.29 is 21.4 Å². The van der Waals surface area contributed by atoms with E-state index in [-0.39, 0.29) is 6.42 Å². The Kier molecular flexibility index (Phi) is 4.41. The van der Waals surface area contributed by atoms with Gasteiger partial charge in [0, 0.05) is 13.1 Å². The van der Waals surface area contributed by atoms with Crippen LogP contribution in [0.25, 0.3) is 0 Å². The van der Waals surface area contributed by atoms with E-state index in [4.69, 9.17) is 0 Å². The smallest absolute Gasteiger partial charge is 0.287 e. The molecule has 0 amide bonds. The third-order valence-corrected chi connectivity index (χ3v) is 3.73. The number of hydrogen-bond acceptors (Lipinski definition) is 4. The zero-order chi connectivity index (χ0) is 14.8. The lowest BCUT2D eigenvalue weighted by molar-refractivity contribution is -0.139. The molecule has 1 aliphatic rings. The first-order chi connectivity index (χ1) is 9.26. The van der Waals surface area contributed by atoms with Gasteiger partial charge in [0.1, 0.15) is 6.10 Å². The van der Waals surface area contributed by atoms with Crippen LogP contribution in [-0.4, -0.2) is 44.7 Å². The minimum absolute atomic E-state index is 0.00704. The van der Waals surface area contributed by atoms with E-state index in [0.29, 0.717) is 13.1 Å². The molecule has 1 atom stereocenters. The van der Waals surface area contributed by atoms with Gasteiger partial charge in [-0.2, -0.15) is 8.42 Å². The van der Waals surface area contributed by atoms with Gasteiger partial charge in [0.05, 0.1) is 12.8 Å². The van der Waals surface area contributed by atoms with E-state index in [1.54, 1.807) is 4.90 Å². The average Bonchev–Trinajstić information content (AvgIpc) is 2.32. The fourth-order valence-corrected chi connectivity index (χ4v) is 2.96. The Morgan fingerprint density at radius 1 is 1.35 bits per heavy atom. The summed E-state index contributed by atoms with van der Waals surface area (Å²) in [4.78, 5) is 1.61. The zero-order valence-corrected chi connectivity index (χ0v) is 11.9. The predicted octanol–water partition coefficient (Wildman–Crippen LogP) is 1.87. The molecule has 0 bridgehead atoms. The number of piperidine rings is 1. The van der Waals surface area contributed by atoms with E-state index in [2.05, 4.69) is 4.18 Å². The number of halogens is 2. The fraction of sp³-hybridized carbons (Fsp3) is 0.538. The Balaban J connectivity index is 1.99. The van der Waals surface area contributed by atoms with Gasteiger partial charge >= 0.3 is 0 Å². The first-order valence-corrected chi connectivity index (χ1v) is 8.10. The van der Waals surface area contributed by atoms with Crippen molar-refractivity contribution in [3.05, 3.63) is 35.9 Å². The summed E-state index contributed by atoms with van der Waals surface area (Å²) in [5.41, 5.74) is 0.950. The molecule has 1 heterocycles. The molecule has 112 valence electrons. The topological polar surface area (TPSA) is 46.6 Å². The number of likely N-dealkylation sites (tertiary alicyclic amines) is 1. The van der Waals surface area contributed by atoms with Crippen molar-refractivity contribution >= 4 is 10.1 Å². The molecule has 20 heavy (non-hydrogen) atoms. The zero-order valence-electron chi connectivity index (χ0n) is 11.1. The quantitative estimate of drug-likeness (QED) is 0.797. The molecule has 1 aliphatic heterocycles. The molecule has 0 spiro atoms. The van der Waals surface area contributed by atoms with E-state index < -0.39 is 28.7 Å². The second kappa shape index (κ2) is 5.75. The molecule has 0 radical (unpaired) electrons. The molecule has 0 N–H and O–H groups in total. The van der Waals surface area contributed by atoms with Crippen molar-refractivity contribution in [2.45, 2.75) is 25.0 Å². The molecule has 1 unspecified atom stereocenters. The summed E-state index contributed by atoms with van der Waals surface area (Å²) >= 11 is 0. The van der Waals surface area contributed by atoms with Crippen LogP contribution in [0.15, 0.2) is 30.3 Å². The van der Waals surface area contributed by atoms with Gasteiger partial charge < -0.3 is 0 Å². The van der Waals surface area contributed by atoms with Crippen LogP contribution in [0, 0.1) is 0 Å². The Bertz CT molecular complexity index is 548. The van der Waals surface area contributed by atoms with Gasteiger partial charge in [-0.1, -0.05) is 30.3 Å². The molecular weight excluding hydrogens is 288 g/mol. The van der Waals surface area contributed by atoms with E-state index in [1.807, 2.05) is 30.3 Å². The van der Waals surface area contributed by atoms with Crippen LogP contribution in [-0.2, 0) is 20.8 Å². The van der Waals surface area contributed by atoms with Crippen molar-refractivity contribution in [3.63, 3.8) is 0 Å². The maximum absolute atomic E-state index is 13.9. The lowest BCUT2D eigenvalue weighted by atomic mass is 10.0. The minimum Gasteiger partial charge on any atom is -0.293 e. The first kappa shape index (κ1) is 15.3. The van der Waals surface area contributed by atoms with Gasteiger partial charge in [-0.15, -0.1) is 0 Å². The number of alkyl halides is 2. The maximum Gasteiger partial charge on any atom is 0.287 e. The normalized spacial score (nSPS) is 23.6. The van der Waals surface area contributed by atoms with Crippen LogP contribution < -0.4 is 0 Å². The summed E-state index contributed by atoms with van der Waals surface area (Å²) in [6, 6.07) is 9.32. The molecular formula is C13H17F2NO3S. The lowest BCUT2D eigenvalue weighted by Gasteiger charge is -2.37. The standard InChI is InChI=1S/C13H17F2NO3S/c1-20(17,18)19-12-7-8-16(10-13(12,14)15)9-11-5-3-2-4-6-11/h2-6,12H,7-10H2,1H3. The molecule has 1 saturated heterocycles. The van der Waals surface area contributed by atoms with E-state index in [0.717, 1.165) is 11.8 Å². The summed E-state index contributed by atoms with van der Waals surface area (Å²) < 4.78 is 54.3. The summed E-state index contributed by atoms with van der Waals surface area (Å²) in [5, 5.41) is 0. The molecule has 0 saturated carbocycles. The van der Waals surface area contributed by atoms with Gasteiger partial charge in [-0.25, -0.2) is 8.78 Å². The highest BCUT2D eigenvalue weighted by Gasteiger charge is 2.47. The third kappa shape index (κ3) is 4.22. The van der Waals surface area contributed by atoms with Crippen LogP contribution in [0.4, 0.5) is 8.78 Å². The summed E-state index contributed by atoms with van der Waals surface area (Å²) in [6.07, 6.45) is -0.781. The number of hydrogen-bond donors (Lipinski definition) is 0. The molecule has 1 aromatic rings. The largest absolute Gasteiger partial charge is 0.293 e. The van der Waals surface area contributed by atoms with Gasteiger partial charge in [0.15, 0.2) is 0 Å². The summed E-state index contributed by atoms with van der Waals surface area (Å²) in [6.45, 7) is 0.300. The number of nitrogens with zero attached hydrogens (tertiary/aromatic N) is 1. The fourth-order valence-electron chi connectivity index (χ4n) is 2.30. The Morgan fingerprint density at radius 2 is 2.00 bits per heavy atom. The minimum atomic E-state index is -3.87. The van der Waals surface area contributed by atoms with Crippen molar-refractivity contribution in [1.29, 1.82) is 0 Å². The highest BCUT2D eigenvalue weighted by Crippen LogP contribution is 2.31. The average molecular weight is 305 g/mol. The number of benzene rings is 1. The summed E-state index contributed by atoms with van der Waals surface area (Å²) in [7, 11) is -3.87. The van der Waals surface area contributed by atoms with Crippen molar-refractivity contribution in [2.24, 2.45) is 0 Å². The molecule has 2 rings (SSSR count). The van der Waals surface area contributed by atoms with Crippen molar-refractivity contribution in [1.82, 2.24) is 4.90 Å². The first-order valence-electron chi connectivity index (χ1n) is 6.29. The van der Waals surface area contributed by atoms with E-state index >= 15 is 0 Å². The van der Waals surface area contributed by atoms with Crippen molar-refractivity contribution in [3.8, 4) is 0 Å². The molecule has 1 aromatic carbocycles. The molecule has 0 aliphatic carbocycles.